The topological polar surface area (TPSA) is 108 Å². The van der Waals surface area contributed by atoms with Gasteiger partial charge >= 0.3 is 0 Å². The third-order valence-electron chi connectivity index (χ3n) is 6.60. The molecule has 8 heteroatoms. The Hall–Kier alpha value is -3.77. The molecule has 5 atom stereocenters. The molecule has 1 aliphatic carbocycles. The average molecular weight is 454 g/mol. The van der Waals surface area contributed by atoms with Gasteiger partial charge in [-0.3, -0.25) is 0 Å². The van der Waals surface area contributed by atoms with E-state index in [1.807, 2.05) is 66.7 Å². The number of nitrogen functional groups attached to an aromatic ring is 1. The molecule has 1 saturated heterocycles. The zero-order valence-corrected chi connectivity index (χ0v) is 18.3. The highest BCUT2D eigenvalue weighted by Gasteiger charge is 2.73. The van der Waals surface area contributed by atoms with Gasteiger partial charge in [0.15, 0.2) is 5.82 Å². The predicted molar refractivity (Wildman–Crippen MR) is 123 cm³/mol. The van der Waals surface area contributed by atoms with Crippen LogP contribution in [0.25, 0.3) is 5.52 Å². The first-order valence-corrected chi connectivity index (χ1v) is 11.2. The van der Waals surface area contributed by atoms with Gasteiger partial charge in [0.1, 0.15) is 24.0 Å². The van der Waals surface area contributed by atoms with Gasteiger partial charge in [0.2, 0.25) is 5.60 Å². The maximum atomic E-state index is 10.4. The molecule has 6 rings (SSSR count). The monoisotopic (exact) mass is 453 g/mol. The number of fused-ring (bicyclic) bond motifs is 2. The molecule has 2 aromatic heterocycles. The second kappa shape index (κ2) is 8.22. The summed E-state index contributed by atoms with van der Waals surface area (Å²) in [6, 6.07) is 25.9. The molecule has 170 valence electrons. The van der Waals surface area contributed by atoms with Crippen LogP contribution in [0.3, 0.4) is 0 Å². The summed E-state index contributed by atoms with van der Waals surface area (Å²) in [5, 5.41) is 14.8. The van der Waals surface area contributed by atoms with Crippen molar-refractivity contribution >= 4 is 11.3 Å². The summed E-state index contributed by atoms with van der Waals surface area (Å²) in [7, 11) is 0. The van der Waals surface area contributed by atoms with E-state index in [1.54, 1.807) is 10.6 Å². The second-order valence-corrected chi connectivity index (χ2v) is 8.65. The van der Waals surface area contributed by atoms with E-state index in [1.165, 1.54) is 6.33 Å². The number of hydrogen-bond acceptors (Lipinski definition) is 7. The van der Waals surface area contributed by atoms with E-state index < -0.39 is 11.7 Å². The van der Waals surface area contributed by atoms with Gasteiger partial charge in [-0.1, -0.05) is 60.7 Å². The average Bonchev–Trinajstić information content (AvgIpc) is 3.20. The molecular weight excluding hydrogens is 430 g/mol. The Morgan fingerprint density at radius 2 is 1.65 bits per heavy atom. The van der Waals surface area contributed by atoms with Crippen molar-refractivity contribution in [2.45, 2.75) is 37.1 Å². The summed E-state index contributed by atoms with van der Waals surface area (Å²) in [4.78, 5) is 4.05. The zero-order valence-electron chi connectivity index (χ0n) is 18.3. The number of nitrogens with two attached hydrogens (primary N) is 1. The largest absolute Gasteiger partial charge is 0.382 e. The first kappa shape index (κ1) is 20.8. The number of benzene rings is 2. The normalized spacial score (nSPS) is 27.4. The van der Waals surface area contributed by atoms with Crippen molar-refractivity contribution in [3.63, 3.8) is 0 Å². The number of nitriles is 1. The van der Waals surface area contributed by atoms with Gasteiger partial charge in [0.05, 0.1) is 31.1 Å². The van der Waals surface area contributed by atoms with Crippen molar-refractivity contribution in [3.05, 3.63) is 95.9 Å². The van der Waals surface area contributed by atoms with E-state index in [0.29, 0.717) is 30.2 Å². The van der Waals surface area contributed by atoms with Crippen molar-refractivity contribution < 1.29 is 14.2 Å². The van der Waals surface area contributed by atoms with Crippen LogP contribution in [0.15, 0.2) is 79.1 Å². The van der Waals surface area contributed by atoms with Gasteiger partial charge in [-0.2, -0.15) is 10.4 Å². The Labute approximate surface area is 196 Å². The third kappa shape index (κ3) is 3.33. The Morgan fingerprint density at radius 3 is 2.32 bits per heavy atom. The van der Waals surface area contributed by atoms with Gasteiger partial charge in [-0.15, -0.1) is 0 Å². The fraction of sp³-hybridized carbons (Fsp3) is 0.269. The van der Waals surface area contributed by atoms with Crippen LogP contribution in [-0.4, -0.2) is 32.9 Å². The summed E-state index contributed by atoms with van der Waals surface area (Å²) >= 11 is 0. The van der Waals surface area contributed by atoms with Gasteiger partial charge in [0.25, 0.3) is 0 Å². The number of nitrogens with zero attached hydrogens (tertiary/aromatic N) is 4. The minimum atomic E-state index is -1.34. The predicted octanol–water partition coefficient (Wildman–Crippen LogP) is 3.23. The molecule has 0 radical (unpaired) electrons. The fourth-order valence-electron chi connectivity index (χ4n) is 4.87. The van der Waals surface area contributed by atoms with E-state index in [0.717, 1.165) is 11.1 Å². The van der Waals surface area contributed by atoms with Crippen molar-refractivity contribution in [1.82, 2.24) is 14.6 Å². The number of aromatic nitrogens is 3. The first-order chi connectivity index (χ1) is 16.7. The molecule has 0 amide bonds. The van der Waals surface area contributed by atoms with Crippen LogP contribution in [0.5, 0.6) is 0 Å². The lowest BCUT2D eigenvalue weighted by Gasteiger charge is -2.31. The van der Waals surface area contributed by atoms with Gasteiger partial charge < -0.3 is 19.9 Å². The lowest BCUT2D eigenvalue weighted by Crippen LogP contribution is -2.43. The van der Waals surface area contributed by atoms with Crippen LogP contribution in [0.1, 0.15) is 16.8 Å². The summed E-state index contributed by atoms with van der Waals surface area (Å²) < 4.78 is 20.7. The minimum Gasteiger partial charge on any atom is -0.382 e. The molecule has 34 heavy (non-hydrogen) atoms. The molecule has 3 unspecified atom stereocenters. The highest BCUT2D eigenvalue weighted by molar-refractivity contribution is 5.66. The molecular formula is C26H23N5O3. The molecule has 0 spiro atoms. The van der Waals surface area contributed by atoms with Crippen LogP contribution in [0, 0.1) is 17.2 Å². The Bertz CT molecular complexity index is 1350. The summed E-state index contributed by atoms with van der Waals surface area (Å²) in [6.07, 6.45) is 0.443. The van der Waals surface area contributed by atoms with E-state index >= 15 is 0 Å². The molecule has 1 saturated carbocycles. The summed E-state index contributed by atoms with van der Waals surface area (Å²) in [5.41, 5.74) is 7.99. The molecule has 2 aliphatic rings. The SMILES string of the molecule is N#CC1(c2ccc3c(N)ncnn23)O[C@@H]2C(OCc3ccccc3)C2[C@H]1OCc1ccccc1. The lowest BCUT2D eigenvalue weighted by molar-refractivity contribution is -0.123. The fourth-order valence-corrected chi connectivity index (χ4v) is 4.87. The van der Waals surface area contributed by atoms with Crippen LogP contribution in [0.2, 0.25) is 0 Å². The second-order valence-electron chi connectivity index (χ2n) is 8.65. The van der Waals surface area contributed by atoms with Crippen molar-refractivity contribution in [2.24, 2.45) is 5.92 Å². The highest BCUT2D eigenvalue weighted by Crippen LogP contribution is 2.57. The number of ether oxygens (including phenoxy) is 3. The third-order valence-corrected chi connectivity index (χ3v) is 6.60. The van der Waals surface area contributed by atoms with E-state index in [9.17, 15) is 5.26 Å². The summed E-state index contributed by atoms with van der Waals surface area (Å²) in [6.45, 7) is 0.831. The zero-order chi connectivity index (χ0) is 23.1. The maximum Gasteiger partial charge on any atom is 0.223 e. The Balaban J connectivity index is 1.31. The molecule has 2 fully saturated rings. The highest BCUT2D eigenvalue weighted by atomic mass is 16.6. The van der Waals surface area contributed by atoms with Crippen molar-refractivity contribution in [1.29, 1.82) is 5.26 Å². The quantitative estimate of drug-likeness (QED) is 0.458. The lowest BCUT2D eigenvalue weighted by atomic mass is 9.92. The molecule has 8 nitrogen and oxygen atoms in total. The van der Waals surface area contributed by atoms with Gasteiger partial charge in [-0.05, 0) is 23.3 Å². The van der Waals surface area contributed by atoms with Crippen LogP contribution >= 0.6 is 0 Å². The molecule has 4 aromatic rings. The first-order valence-electron chi connectivity index (χ1n) is 11.2. The standard InChI is InChI=1S/C26H23N5O3/c27-15-26(20-12-11-19-25(28)29-16-30-31(19)20)24(33-14-18-9-5-2-6-10-18)21-22(23(21)34-26)32-13-17-7-3-1-4-8-17/h1-12,16,21-24H,13-14H2,(H2,28,29,30)/t21?,22?,23-,24+,26?/m0/s1. The van der Waals surface area contributed by atoms with E-state index in [2.05, 4.69) is 16.2 Å². The molecule has 2 aromatic carbocycles. The number of hydrogen-bond donors (Lipinski definition) is 1. The number of anilines is 1. The molecule has 3 heterocycles. The van der Waals surface area contributed by atoms with Crippen LogP contribution in [0.4, 0.5) is 5.82 Å². The van der Waals surface area contributed by atoms with Gasteiger partial charge in [0, 0.05) is 5.92 Å². The molecule has 1 aliphatic heterocycles. The van der Waals surface area contributed by atoms with Crippen molar-refractivity contribution in [2.75, 3.05) is 5.73 Å². The number of rotatable bonds is 7. The molecule has 0 bridgehead atoms. The van der Waals surface area contributed by atoms with Crippen LogP contribution < -0.4 is 5.73 Å². The Morgan fingerprint density at radius 1 is 0.971 bits per heavy atom. The van der Waals surface area contributed by atoms with Gasteiger partial charge in [-0.25, -0.2) is 9.50 Å². The van der Waals surface area contributed by atoms with E-state index in [-0.39, 0.29) is 18.1 Å². The Kier molecular flexibility index (Phi) is 5.03. The smallest absolute Gasteiger partial charge is 0.223 e. The summed E-state index contributed by atoms with van der Waals surface area (Å²) in [5.74, 6) is 0.264. The minimum absolute atomic E-state index is 0.0724. The molecule has 2 N–H and O–H groups in total. The van der Waals surface area contributed by atoms with Crippen molar-refractivity contribution in [3.8, 4) is 6.07 Å². The van der Waals surface area contributed by atoms with E-state index in [4.69, 9.17) is 19.9 Å². The van der Waals surface area contributed by atoms with Crippen LogP contribution in [-0.2, 0) is 33.0 Å². The maximum absolute atomic E-state index is 10.4.